The summed E-state index contributed by atoms with van der Waals surface area (Å²) in [6.07, 6.45) is 1.32. The number of carboxylic acids is 1. The molecule has 3 N–H and O–H groups in total. The Kier molecular flexibility index (Phi) is 12.8. The second kappa shape index (κ2) is 15.8. The summed E-state index contributed by atoms with van der Waals surface area (Å²) in [5, 5.41) is 9.92. The Balaban J connectivity index is 2.14. The number of hydrogen-bond donors (Lipinski definition) is 2. The monoisotopic (exact) mass is 553 g/mol. The van der Waals surface area contributed by atoms with Gasteiger partial charge in [0.05, 0.1) is 13.2 Å². The Hall–Kier alpha value is -3.54. The molecule has 2 atom stereocenters. The zero-order valence-corrected chi connectivity index (χ0v) is 22.8. The van der Waals surface area contributed by atoms with E-state index in [4.69, 9.17) is 34.2 Å². The fourth-order valence-corrected chi connectivity index (χ4v) is 4.10. The molecule has 1 aliphatic rings. The molecule has 0 amide bonds. The molecule has 1 aromatic rings. The van der Waals surface area contributed by atoms with E-state index in [1.165, 1.54) is 25.1 Å². The zero-order chi connectivity index (χ0) is 28.8. The van der Waals surface area contributed by atoms with E-state index in [0.29, 0.717) is 18.4 Å². The molecule has 12 nitrogen and oxygen atoms in total. The van der Waals surface area contributed by atoms with E-state index in [2.05, 4.69) is 0 Å². The molecule has 0 saturated heterocycles. The van der Waals surface area contributed by atoms with Crippen molar-refractivity contribution in [2.45, 2.75) is 96.3 Å². The van der Waals surface area contributed by atoms with Crippen LogP contribution in [-0.2, 0) is 30.2 Å². The fourth-order valence-electron chi connectivity index (χ4n) is 4.10. The van der Waals surface area contributed by atoms with Gasteiger partial charge in [0.1, 0.15) is 17.7 Å². The van der Waals surface area contributed by atoms with Gasteiger partial charge in [-0.2, -0.15) is 0 Å². The molecule has 2 rings (SSSR count). The first kappa shape index (κ1) is 31.7. The lowest BCUT2D eigenvalue weighted by Gasteiger charge is -2.28. The van der Waals surface area contributed by atoms with E-state index in [-0.39, 0.29) is 43.7 Å². The van der Waals surface area contributed by atoms with Crippen molar-refractivity contribution in [3.63, 3.8) is 0 Å². The Morgan fingerprint density at radius 3 is 2.10 bits per heavy atom. The number of carboxylic acid groups (broad SMARTS) is 1. The SMILES string of the molecule is CCCOC(=O)Oc1ccc(CC(N)(C[C@H](C)OC(=O)OC2CCCCC2)C(=O)O)cc1OC(=O)OCCC. The highest BCUT2D eigenvalue weighted by Crippen LogP contribution is 2.31. The van der Waals surface area contributed by atoms with E-state index in [0.717, 1.165) is 32.1 Å². The number of ether oxygens (including phenoxy) is 6. The molecule has 0 aliphatic heterocycles. The maximum absolute atomic E-state index is 12.2. The van der Waals surface area contributed by atoms with Crippen molar-refractivity contribution in [1.29, 1.82) is 0 Å². The first-order valence-corrected chi connectivity index (χ1v) is 13.3. The van der Waals surface area contributed by atoms with Gasteiger partial charge in [-0.15, -0.1) is 0 Å². The summed E-state index contributed by atoms with van der Waals surface area (Å²) >= 11 is 0. The first-order chi connectivity index (χ1) is 18.6. The number of aliphatic carboxylic acids is 1. The minimum atomic E-state index is -1.85. The van der Waals surface area contributed by atoms with Crippen molar-refractivity contribution < 1.29 is 52.7 Å². The normalized spacial score (nSPS) is 15.8. The third kappa shape index (κ3) is 11.0. The highest BCUT2D eigenvalue weighted by molar-refractivity contribution is 5.79. The smallest absolute Gasteiger partial charge is 0.480 e. The molecule has 1 aromatic carbocycles. The maximum Gasteiger partial charge on any atom is 0.513 e. The number of rotatable bonds is 13. The lowest BCUT2D eigenvalue weighted by Crippen LogP contribution is -2.52. The molecule has 0 heterocycles. The molecule has 0 spiro atoms. The quantitative estimate of drug-likeness (QED) is 0.188. The Labute approximate surface area is 228 Å². The van der Waals surface area contributed by atoms with Crippen LogP contribution in [-0.4, -0.2) is 60.5 Å². The Morgan fingerprint density at radius 2 is 1.54 bits per heavy atom. The van der Waals surface area contributed by atoms with Gasteiger partial charge in [-0.25, -0.2) is 14.4 Å². The standard InChI is InChI=1S/C27H39NO11/c1-4-13-34-24(31)38-21-12-11-19(15-22(21)39-25(32)35-14-5-2)17-27(28,23(29)30)16-18(3)36-26(33)37-20-9-7-6-8-10-20/h11-12,15,18,20H,4-10,13-14,16-17,28H2,1-3H3,(H,29,30)/t18-,27?/m0/s1. The first-order valence-electron chi connectivity index (χ1n) is 13.3. The van der Waals surface area contributed by atoms with Gasteiger partial charge in [0.25, 0.3) is 0 Å². The Bertz CT molecular complexity index is 976. The van der Waals surface area contributed by atoms with Crippen molar-refractivity contribution in [3.8, 4) is 11.5 Å². The number of nitrogens with two attached hydrogens (primary N) is 1. The van der Waals surface area contributed by atoms with Crippen LogP contribution in [0, 0.1) is 0 Å². The van der Waals surface area contributed by atoms with Crippen molar-refractivity contribution >= 4 is 24.4 Å². The molecule has 1 saturated carbocycles. The van der Waals surface area contributed by atoms with Crippen molar-refractivity contribution in [1.82, 2.24) is 0 Å². The van der Waals surface area contributed by atoms with Crippen LogP contribution in [0.4, 0.5) is 14.4 Å². The minimum Gasteiger partial charge on any atom is -0.480 e. The van der Waals surface area contributed by atoms with Crippen LogP contribution in [0.2, 0.25) is 0 Å². The average Bonchev–Trinajstić information content (AvgIpc) is 2.88. The summed E-state index contributed by atoms with van der Waals surface area (Å²) in [6, 6.07) is 4.12. The van der Waals surface area contributed by atoms with Crippen LogP contribution in [0.5, 0.6) is 11.5 Å². The number of carbonyl (C=O) groups excluding carboxylic acids is 3. The third-order valence-corrected chi connectivity index (χ3v) is 5.95. The summed E-state index contributed by atoms with van der Waals surface area (Å²) < 4.78 is 30.8. The van der Waals surface area contributed by atoms with Crippen LogP contribution in [0.15, 0.2) is 18.2 Å². The van der Waals surface area contributed by atoms with E-state index < -0.39 is 36.1 Å². The van der Waals surface area contributed by atoms with Crippen LogP contribution >= 0.6 is 0 Å². The molecule has 0 radical (unpaired) electrons. The van der Waals surface area contributed by atoms with Crippen LogP contribution < -0.4 is 15.2 Å². The van der Waals surface area contributed by atoms with Gasteiger partial charge in [-0.05, 0) is 63.1 Å². The van der Waals surface area contributed by atoms with Crippen LogP contribution in [0.25, 0.3) is 0 Å². The van der Waals surface area contributed by atoms with E-state index in [1.54, 1.807) is 6.92 Å². The molecule has 1 aliphatic carbocycles. The van der Waals surface area contributed by atoms with Crippen molar-refractivity contribution in [3.05, 3.63) is 23.8 Å². The fraction of sp³-hybridized carbons (Fsp3) is 0.630. The summed E-state index contributed by atoms with van der Waals surface area (Å²) in [5.74, 6) is -1.64. The molecule has 1 unspecified atom stereocenters. The van der Waals surface area contributed by atoms with Gasteiger partial charge in [0, 0.05) is 12.8 Å². The molecule has 39 heavy (non-hydrogen) atoms. The average molecular weight is 554 g/mol. The summed E-state index contributed by atoms with van der Waals surface area (Å²) in [5.41, 5.74) is 4.75. The van der Waals surface area contributed by atoms with Gasteiger partial charge in [-0.1, -0.05) is 26.3 Å². The number of carbonyl (C=O) groups is 4. The highest BCUT2D eigenvalue weighted by atomic mass is 16.7. The molecular formula is C27H39NO11. The maximum atomic E-state index is 12.2. The van der Waals surface area contributed by atoms with Crippen molar-refractivity contribution in [2.75, 3.05) is 13.2 Å². The number of hydrogen-bond acceptors (Lipinski definition) is 11. The summed E-state index contributed by atoms with van der Waals surface area (Å²) in [7, 11) is 0. The second-order valence-electron chi connectivity index (χ2n) is 9.58. The molecule has 12 heteroatoms. The van der Waals surface area contributed by atoms with E-state index in [1.807, 2.05) is 6.92 Å². The second-order valence-corrected chi connectivity index (χ2v) is 9.58. The van der Waals surface area contributed by atoms with Gasteiger partial charge >= 0.3 is 24.4 Å². The molecule has 218 valence electrons. The van der Waals surface area contributed by atoms with Gasteiger partial charge in [0.2, 0.25) is 0 Å². The molecule has 1 fully saturated rings. The third-order valence-electron chi connectivity index (χ3n) is 5.95. The molecule has 0 aromatic heterocycles. The van der Waals surface area contributed by atoms with Crippen LogP contribution in [0.1, 0.15) is 77.7 Å². The Morgan fingerprint density at radius 1 is 0.949 bits per heavy atom. The topological polar surface area (TPSA) is 170 Å². The lowest BCUT2D eigenvalue weighted by atomic mass is 9.86. The largest absolute Gasteiger partial charge is 0.513 e. The van der Waals surface area contributed by atoms with Crippen molar-refractivity contribution in [2.24, 2.45) is 5.73 Å². The van der Waals surface area contributed by atoms with Gasteiger partial charge < -0.3 is 39.3 Å². The van der Waals surface area contributed by atoms with Gasteiger partial charge in [-0.3, -0.25) is 4.79 Å². The van der Waals surface area contributed by atoms with E-state index in [9.17, 15) is 24.3 Å². The highest BCUT2D eigenvalue weighted by Gasteiger charge is 2.37. The summed E-state index contributed by atoms with van der Waals surface area (Å²) in [6.45, 7) is 5.39. The minimum absolute atomic E-state index is 0.110. The van der Waals surface area contributed by atoms with Gasteiger partial charge in [0.15, 0.2) is 11.5 Å². The molecular weight excluding hydrogens is 514 g/mol. The molecule has 0 bridgehead atoms. The zero-order valence-electron chi connectivity index (χ0n) is 22.8. The lowest BCUT2D eigenvalue weighted by molar-refractivity contribution is -0.144. The predicted octanol–water partition coefficient (Wildman–Crippen LogP) is 5.13. The predicted molar refractivity (Wildman–Crippen MR) is 138 cm³/mol. The van der Waals surface area contributed by atoms with E-state index >= 15 is 0 Å². The van der Waals surface area contributed by atoms with Crippen LogP contribution in [0.3, 0.4) is 0 Å². The summed E-state index contributed by atoms with van der Waals surface area (Å²) in [4.78, 5) is 48.4. The number of benzene rings is 1.